The van der Waals surface area contributed by atoms with Gasteiger partial charge in [0.25, 0.3) is 0 Å². The van der Waals surface area contributed by atoms with E-state index in [1.54, 1.807) is 12.3 Å². The van der Waals surface area contributed by atoms with Crippen LogP contribution in [-0.4, -0.2) is 63.8 Å². The first kappa shape index (κ1) is 24.6. The molecule has 0 saturated heterocycles. The molecule has 11 heteroatoms. The second kappa shape index (κ2) is 10.7. The molecule has 2 aromatic rings. The number of rotatable bonds is 7. The van der Waals surface area contributed by atoms with E-state index in [0.29, 0.717) is 11.3 Å². The Morgan fingerprint density at radius 1 is 0.853 bits per heavy atom. The molecule has 0 amide bonds. The van der Waals surface area contributed by atoms with Crippen molar-refractivity contribution in [2.75, 3.05) is 6.61 Å². The van der Waals surface area contributed by atoms with Crippen molar-refractivity contribution in [1.29, 1.82) is 0 Å². The first-order chi connectivity index (χ1) is 16.2. The average Bonchev–Trinajstić information content (AvgIpc) is 3.25. The highest BCUT2D eigenvalue weighted by molar-refractivity contribution is 5.69. The Balaban J connectivity index is 2.11. The number of hydrogen-bond donors (Lipinski definition) is 0. The lowest BCUT2D eigenvalue weighted by Crippen LogP contribution is -2.53. The second-order valence-corrected chi connectivity index (χ2v) is 7.64. The Kier molecular flexibility index (Phi) is 7.77. The van der Waals surface area contributed by atoms with Gasteiger partial charge in [-0.3, -0.25) is 19.2 Å². The predicted octanol–water partition coefficient (Wildman–Crippen LogP) is 1.78. The third-order valence-corrected chi connectivity index (χ3v) is 4.93. The number of esters is 4. The normalized spacial score (nSPS) is 21.7. The van der Waals surface area contributed by atoms with Gasteiger partial charge in [0.1, 0.15) is 18.3 Å². The van der Waals surface area contributed by atoms with Crippen molar-refractivity contribution in [3.8, 4) is 11.3 Å². The Morgan fingerprint density at radius 3 is 2.06 bits per heavy atom. The second-order valence-electron chi connectivity index (χ2n) is 7.64. The summed E-state index contributed by atoms with van der Waals surface area (Å²) in [6.45, 7) is 4.56. The van der Waals surface area contributed by atoms with Crippen LogP contribution in [0.3, 0.4) is 0 Å². The molecule has 1 aromatic heterocycles. The summed E-state index contributed by atoms with van der Waals surface area (Å²) in [4.78, 5) is 47.2. The molecule has 4 atom stereocenters. The Bertz CT molecular complexity index is 1090. The maximum atomic E-state index is 12.0. The monoisotopic (exact) mass is 471 g/mol. The fraction of sp³-hybridized carbons (Fsp3) is 0.391. The molecule has 34 heavy (non-hydrogen) atoms. The van der Waals surface area contributed by atoms with Crippen LogP contribution >= 0.6 is 0 Å². The fourth-order valence-corrected chi connectivity index (χ4v) is 3.66. The molecule has 0 unspecified atom stereocenters. The summed E-state index contributed by atoms with van der Waals surface area (Å²) in [7, 11) is 0. The van der Waals surface area contributed by atoms with Crippen molar-refractivity contribution in [3.63, 3.8) is 0 Å². The van der Waals surface area contributed by atoms with Gasteiger partial charge in [-0.2, -0.15) is 0 Å². The third-order valence-electron chi connectivity index (χ3n) is 4.93. The number of ether oxygens (including phenoxy) is 4. The molecular weight excluding hydrogens is 446 g/mol. The van der Waals surface area contributed by atoms with Crippen LogP contribution in [0.5, 0.6) is 0 Å². The largest absolute Gasteiger partial charge is 0.461 e. The Labute approximate surface area is 195 Å². The zero-order chi connectivity index (χ0) is 24.8. The summed E-state index contributed by atoms with van der Waals surface area (Å²) in [5, 5.41) is 8.37. The molecule has 3 rings (SSSR count). The highest BCUT2D eigenvalue weighted by Crippen LogP contribution is 2.35. The van der Waals surface area contributed by atoms with Crippen molar-refractivity contribution in [2.45, 2.75) is 52.0 Å². The predicted molar refractivity (Wildman–Crippen MR) is 116 cm³/mol. The van der Waals surface area contributed by atoms with Crippen LogP contribution < -0.4 is 0 Å². The zero-order valence-electron chi connectivity index (χ0n) is 19.2. The van der Waals surface area contributed by atoms with Crippen LogP contribution in [0.2, 0.25) is 0 Å². The van der Waals surface area contributed by atoms with Crippen LogP contribution in [0, 0.1) is 0 Å². The van der Waals surface area contributed by atoms with E-state index < -0.39 is 48.2 Å². The molecule has 1 aliphatic carbocycles. The highest BCUT2D eigenvalue weighted by Gasteiger charge is 2.48. The quantitative estimate of drug-likeness (QED) is 0.334. The van der Waals surface area contributed by atoms with Gasteiger partial charge >= 0.3 is 23.9 Å². The van der Waals surface area contributed by atoms with Crippen LogP contribution in [0.4, 0.5) is 0 Å². The van der Waals surface area contributed by atoms with Gasteiger partial charge in [0, 0.05) is 38.8 Å². The van der Waals surface area contributed by atoms with Crippen LogP contribution in [-0.2, 0) is 38.1 Å². The number of nitrogens with zero attached hydrogens (tertiary/aromatic N) is 3. The third kappa shape index (κ3) is 6.06. The van der Waals surface area contributed by atoms with Crippen molar-refractivity contribution in [2.24, 2.45) is 0 Å². The lowest BCUT2D eigenvalue weighted by Gasteiger charge is -2.39. The molecule has 1 aliphatic rings. The molecule has 1 aromatic carbocycles. The molecule has 0 saturated carbocycles. The zero-order valence-corrected chi connectivity index (χ0v) is 19.2. The molecule has 0 N–H and O–H groups in total. The van der Waals surface area contributed by atoms with Crippen molar-refractivity contribution in [1.82, 2.24) is 15.0 Å². The summed E-state index contributed by atoms with van der Waals surface area (Å²) in [5.41, 5.74) is 1.71. The van der Waals surface area contributed by atoms with Gasteiger partial charge in [0.2, 0.25) is 0 Å². The molecule has 0 radical (unpaired) electrons. The SMILES string of the molecule is CC(=O)OCC1=C[C@H](n2cc(-c3ccccc3)nn2)[C@H](OC(C)=O)[C@@H](OC(C)=O)[C@@H]1OC(C)=O. The molecule has 0 spiro atoms. The number of carbonyl (C=O) groups excluding carboxylic acids is 4. The number of carbonyl (C=O) groups is 4. The van der Waals surface area contributed by atoms with Crippen molar-refractivity contribution in [3.05, 3.63) is 48.2 Å². The summed E-state index contributed by atoms with van der Waals surface area (Å²) in [6, 6.07) is 8.49. The minimum atomic E-state index is -1.23. The van der Waals surface area contributed by atoms with E-state index in [0.717, 1.165) is 5.56 Å². The van der Waals surface area contributed by atoms with Gasteiger partial charge in [-0.05, 0) is 6.08 Å². The van der Waals surface area contributed by atoms with Crippen LogP contribution in [0.15, 0.2) is 48.2 Å². The van der Waals surface area contributed by atoms with E-state index in [1.165, 1.54) is 32.4 Å². The standard InChI is InChI=1S/C23H25N3O8/c1-13(27)31-12-18-10-20(26-11-19(24-25-26)17-8-6-5-7-9-17)22(33-15(3)29)23(34-16(4)30)21(18)32-14(2)28/h5-11,20-23H,12H2,1-4H3/t20-,21+,22-,23-/m0/s1. The average molecular weight is 471 g/mol. The van der Waals surface area contributed by atoms with E-state index in [-0.39, 0.29) is 6.61 Å². The Morgan fingerprint density at radius 2 is 1.47 bits per heavy atom. The summed E-state index contributed by atoms with van der Waals surface area (Å²) >= 11 is 0. The molecule has 0 aliphatic heterocycles. The molecule has 11 nitrogen and oxygen atoms in total. The van der Waals surface area contributed by atoms with Gasteiger partial charge in [-0.15, -0.1) is 5.10 Å². The topological polar surface area (TPSA) is 136 Å². The van der Waals surface area contributed by atoms with Crippen LogP contribution in [0.1, 0.15) is 33.7 Å². The molecular formula is C23H25N3O8. The summed E-state index contributed by atoms with van der Waals surface area (Å²) < 4.78 is 23.0. The maximum Gasteiger partial charge on any atom is 0.303 e. The lowest BCUT2D eigenvalue weighted by atomic mass is 9.87. The van der Waals surface area contributed by atoms with E-state index >= 15 is 0 Å². The van der Waals surface area contributed by atoms with Crippen molar-refractivity contribution < 1.29 is 38.1 Å². The lowest BCUT2D eigenvalue weighted by molar-refractivity contribution is -0.185. The van der Waals surface area contributed by atoms with Gasteiger partial charge in [-0.25, -0.2) is 4.68 Å². The van der Waals surface area contributed by atoms with Crippen molar-refractivity contribution >= 4 is 23.9 Å². The summed E-state index contributed by atoms with van der Waals surface area (Å²) in [5.74, 6) is -2.55. The molecule has 180 valence electrons. The first-order valence-electron chi connectivity index (χ1n) is 10.5. The fourth-order valence-electron chi connectivity index (χ4n) is 3.66. The van der Waals surface area contributed by atoms with Gasteiger partial charge < -0.3 is 18.9 Å². The number of aromatic nitrogens is 3. The summed E-state index contributed by atoms with van der Waals surface area (Å²) in [6.07, 6.45) is -0.244. The molecule has 0 bridgehead atoms. The van der Waals surface area contributed by atoms with E-state index in [9.17, 15) is 19.2 Å². The minimum Gasteiger partial charge on any atom is -0.461 e. The minimum absolute atomic E-state index is 0.241. The Hall–Kier alpha value is -4.02. The van der Waals surface area contributed by atoms with Crippen LogP contribution in [0.25, 0.3) is 11.3 Å². The number of hydrogen-bond acceptors (Lipinski definition) is 10. The number of benzene rings is 1. The van der Waals surface area contributed by atoms with Gasteiger partial charge in [0.05, 0.1) is 6.20 Å². The van der Waals surface area contributed by atoms with E-state index in [2.05, 4.69) is 10.3 Å². The van der Waals surface area contributed by atoms with E-state index in [1.807, 2.05) is 30.3 Å². The van der Waals surface area contributed by atoms with E-state index in [4.69, 9.17) is 18.9 Å². The molecule has 0 fully saturated rings. The highest BCUT2D eigenvalue weighted by atomic mass is 16.6. The first-order valence-corrected chi connectivity index (χ1v) is 10.5. The van der Waals surface area contributed by atoms with Gasteiger partial charge in [0.15, 0.2) is 18.3 Å². The molecule has 1 heterocycles. The maximum absolute atomic E-state index is 12.0. The smallest absolute Gasteiger partial charge is 0.303 e. The van der Waals surface area contributed by atoms with Gasteiger partial charge in [-0.1, -0.05) is 35.5 Å².